The Hall–Kier alpha value is -1.06. The van der Waals surface area contributed by atoms with Crippen molar-refractivity contribution >= 4 is 5.69 Å². The molecular formula is C18H28N2O. The molecule has 21 heavy (non-hydrogen) atoms. The van der Waals surface area contributed by atoms with Crippen molar-refractivity contribution in [3.8, 4) is 0 Å². The predicted molar refractivity (Wildman–Crippen MR) is 87.6 cm³/mol. The number of piperidine rings is 1. The highest BCUT2D eigenvalue weighted by atomic mass is 16.3. The lowest BCUT2D eigenvalue weighted by atomic mass is 9.71. The molecule has 1 aliphatic carbocycles. The highest BCUT2D eigenvalue weighted by Gasteiger charge is 2.42. The number of nitrogens with one attached hydrogen (secondary N) is 1. The summed E-state index contributed by atoms with van der Waals surface area (Å²) >= 11 is 0. The third kappa shape index (κ3) is 3.24. The van der Waals surface area contributed by atoms with Crippen LogP contribution in [0.3, 0.4) is 0 Å². The Morgan fingerprint density at radius 2 is 2.05 bits per heavy atom. The van der Waals surface area contributed by atoms with Crippen LogP contribution in [0, 0.1) is 5.92 Å². The summed E-state index contributed by atoms with van der Waals surface area (Å²) in [6.07, 6.45) is 5.60. The number of aliphatic hydroxyl groups is 1. The first-order valence-electron chi connectivity index (χ1n) is 8.48. The van der Waals surface area contributed by atoms with Gasteiger partial charge in [-0.25, -0.2) is 0 Å². The minimum absolute atomic E-state index is 0.375. The molecule has 0 aromatic heterocycles. The van der Waals surface area contributed by atoms with Crippen LogP contribution in [-0.2, 0) is 6.54 Å². The summed E-state index contributed by atoms with van der Waals surface area (Å²) < 4.78 is 0. The van der Waals surface area contributed by atoms with Gasteiger partial charge in [0, 0.05) is 31.2 Å². The molecule has 3 nitrogen and oxygen atoms in total. The molecule has 3 rings (SSSR count). The fourth-order valence-electron chi connectivity index (χ4n) is 3.90. The minimum Gasteiger partial charge on any atom is -0.389 e. The quantitative estimate of drug-likeness (QED) is 0.894. The van der Waals surface area contributed by atoms with E-state index >= 15 is 0 Å². The number of anilines is 1. The largest absolute Gasteiger partial charge is 0.389 e. The van der Waals surface area contributed by atoms with E-state index in [1.807, 2.05) is 0 Å². The van der Waals surface area contributed by atoms with Crippen LogP contribution in [0.1, 0.15) is 44.6 Å². The van der Waals surface area contributed by atoms with E-state index in [9.17, 15) is 5.11 Å². The van der Waals surface area contributed by atoms with E-state index in [0.29, 0.717) is 5.92 Å². The summed E-state index contributed by atoms with van der Waals surface area (Å²) in [7, 11) is 0. The van der Waals surface area contributed by atoms with Crippen molar-refractivity contribution < 1.29 is 5.11 Å². The van der Waals surface area contributed by atoms with Crippen LogP contribution in [0.25, 0.3) is 0 Å². The van der Waals surface area contributed by atoms with Gasteiger partial charge in [0.25, 0.3) is 0 Å². The number of fused-ring (bicyclic) bond motifs is 1. The summed E-state index contributed by atoms with van der Waals surface area (Å²) in [5, 5.41) is 14.1. The van der Waals surface area contributed by atoms with Crippen LogP contribution in [-0.4, -0.2) is 30.3 Å². The molecule has 1 saturated carbocycles. The summed E-state index contributed by atoms with van der Waals surface area (Å²) in [6, 6.07) is 8.92. The normalized spacial score (nSPS) is 29.2. The minimum atomic E-state index is -0.375. The van der Waals surface area contributed by atoms with Crippen molar-refractivity contribution in [2.75, 3.05) is 24.5 Å². The second kappa shape index (κ2) is 6.37. The fraction of sp³-hybridized carbons (Fsp3) is 0.667. The average Bonchev–Trinajstić information content (AvgIpc) is 2.52. The monoisotopic (exact) mass is 288 g/mol. The van der Waals surface area contributed by atoms with Gasteiger partial charge in [-0.15, -0.1) is 0 Å². The zero-order valence-corrected chi connectivity index (χ0v) is 13.1. The van der Waals surface area contributed by atoms with Gasteiger partial charge >= 0.3 is 0 Å². The summed E-state index contributed by atoms with van der Waals surface area (Å²) in [6.45, 7) is 6.09. The van der Waals surface area contributed by atoms with E-state index in [0.717, 1.165) is 39.0 Å². The number of nitrogens with zero attached hydrogens (tertiary/aromatic N) is 1. The van der Waals surface area contributed by atoms with Crippen molar-refractivity contribution in [2.24, 2.45) is 5.92 Å². The molecule has 1 aromatic rings. The molecule has 0 spiro atoms. The Morgan fingerprint density at radius 1 is 1.24 bits per heavy atom. The summed E-state index contributed by atoms with van der Waals surface area (Å²) in [4.78, 5) is 2.46. The van der Waals surface area contributed by atoms with Crippen molar-refractivity contribution in [1.29, 1.82) is 0 Å². The topological polar surface area (TPSA) is 35.5 Å². The molecule has 1 heterocycles. The Bertz CT molecular complexity index is 459. The van der Waals surface area contributed by atoms with Crippen molar-refractivity contribution in [1.82, 2.24) is 5.32 Å². The van der Waals surface area contributed by atoms with Crippen molar-refractivity contribution in [2.45, 2.75) is 51.2 Å². The van der Waals surface area contributed by atoms with Crippen LogP contribution in [0.15, 0.2) is 24.3 Å². The second-order valence-corrected chi connectivity index (χ2v) is 6.69. The van der Waals surface area contributed by atoms with Crippen LogP contribution in [0.2, 0.25) is 0 Å². The molecule has 0 amide bonds. The van der Waals surface area contributed by atoms with E-state index in [1.165, 1.54) is 30.5 Å². The Kier molecular flexibility index (Phi) is 4.51. The maximum absolute atomic E-state index is 10.8. The highest BCUT2D eigenvalue weighted by molar-refractivity contribution is 5.48. The van der Waals surface area contributed by atoms with Gasteiger partial charge in [0.2, 0.25) is 0 Å². The van der Waals surface area contributed by atoms with Gasteiger partial charge in [0.15, 0.2) is 0 Å². The number of benzene rings is 1. The summed E-state index contributed by atoms with van der Waals surface area (Å²) in [5.74, 6) is 0.460. The van der Waals surface area contributed by atoms with Gasteiger partial charge in [0.05, 0.1) is 5.60 Å². The van der Waals surface area contributed by atoms with E-state index < -0.39 is 0 Å². The first-order valence-corrected chi connectivity index (χ1v) is 8.48. The molecular weight excluding hydrogens is 260 g/mol. The highest BCUT2D eigenvalue weighted by Crippen LogP contribution is 2.40. The van der Waals surface area contributed by atoms with Gasteiger partial charge in [-0.1, -0.05) is 31.9 Å². The first kappa shape index (κ1) is 14.9. The molecule has 1 aromatic carbocycles. The molecule has 2 N–H and O–H groups in total. The fourth-order valence-corrected chi connectivity index (χ4v) is 3.90. The predicted octanol–water partition coefficient (Wildman–Crippen LogP) is 2.93. The van der Waals surface area contributed by atoms with Crippen LogP contribution in [0.4, 0.5) is 5.69 Å². The smallest absolute Gasteiger partial charge is 0.0709 e. The molecule has 2 atom stereocenters. The maximum Gasteiger partial charge on any atom is 0.0709 e. The standard InChI is InChI=1S/C18H28N2O/c1-2-19-13-15-6-8-17(9-7-15)20-12-11-18(21)10-4-3-5-16(18)14-20/h6-9,16,19,21H,2-5,10-14H2,1H3. The van der Waals surface area contributed by atoms with E-state index in [-0.39, 0.29) is 5.60 Å². The molecule has 1 aliphatic heterocycles. The van der Waals surface area contributed by atoms with Crippen LogP contribution < -0.4 is 10.2 Å². The van der Waals surface area contributed by atoms with Gasteiger partial charge in [-0.2, -0.15) is 0 Å². The molecule has 2 aliphatic rings. The third-order valence-electron chi connectivity index (χ3n) is 5.31. The molecule has 1 saturated heterocycles. The third-order valence-corrected chi connectivity index (χ3v) is 5.31. The molecule has 2 fully saturated rings. The van der Waals surface area contributed by atoms with Crippen LogP contribution >= 0.6 is 0 Å². The molecule has 0 bridgehead atoms. The molecule has 2 unspecified atom stereocenters. The molecule has 3 heteroatoms. The van der Waals surface area contributed by atoms with Gasteiger partial charge in [-0.3, -0.25) is 0 Å². The zero-order chi connectivity index (χ0) is 14.7. The molecule has 116 valence electrons. The lowest BCUT2D eigenvalue weighted by Crippen LogP contribution is -2.53. The second-order valence-electron chi connectivity index (χ2n) is 6.69. The van der Waals surface area contributed by atoms with Gasteiger partial charge in [-0.05, 0) is 43.5 Å². The zero-order valence-electron chi connectivity index (χ0n) is 13.1. The van der Waals surface area contributed by atoms with E-state index in [1.54, 1.807) is 0 Å². The first-order chi connectivity index (χ1) is 10.2. The van der Waals surface area contributed by atoms with Gasteiger partial charge < -0.3 is 15.3 Å². The molecule has 0 radical (unpaired) electrons. The number of rotatable bonds is 4. The summed E-state index contributed by atoms with van der Waals surface area (Å²) in [5.41, 5.74) is 2.27. The Labute approximate surface area is 128 Å². The number of hydrogen-bond acceptors (Lipinski definition) is 3. The van der Waals surface area contributed by atoms with Crippen molar-refractivity contribution in [3.63, 3.8) is 0 Å². The maximum atomic E-state index is 10.8. The van der Waals surface area contributed by atoms with E-state index in [4.69, 9.17) is 0 Å². The SMILES string of the molecule is CCNCc1ccc(N2CCC3(O)CCCCC3C2)cc1. The lowest BCUT2D eigenvalue weighted by molar-refractivity contribution is -0.0612. The average molecular weight is 288 g/mol. The number of hydrogen-bond donors (Lipinski definition) is 2. The Balaban J connectivity index is 1.65. The Morgan fingerprint density at radius 3 is 2.81 bits per heavy atom. The van der Waals surface area contributed by atoms with Gasteiger partial charge in [0.1, 0.15) is 0 Å². The van der Waals surface area contributed by atoms with Crippen molar-refractivity contribution in [3.05, 3.63) is 29.8 Å². The lowest BCUT2D eigenvalue weighted by Gasteiger charge is -2.48. The van der Waals surface area contributed by atoms with E-state index in [2.05, 4.69) is 41.4 Å². The van der Waals surface area contributed by atoms with Crippen LogP contribution in [0.5, 0.6) is 0 Å².